The number of phosphoric ester groups is 1. The molecule has 0 amide bonds. The molecule has 41 heavy (non-hydrogen) atoms. The van der Waals surface area contributed by atoms with Crippen molar-refractivity contribution in [2.24, 2.45) is 0 Å². The number of phosphoric acid groups is 1. The Morgan fingerprint density at radius 3 is 2.22 bits per heavy atom. The summed E-state index contributed by atoms with van der Waals surface area (Å²) in [4.78, 5) is 45.2. The van der Waals surface area contributed by atoms with Crippen LogP contribution < -0.4 is 0 Å². The molecule has 0 spiro atoms. The Bertz CT molecular complexity index is 919. The molecule has 0 fully saturated rings. The highest BCUT2D eigenvalue weighted by Gasteiger charge is 2.26. The molecular formula is C30H51NO9P+. The van der Waals surface area contributed by atoms with Crippen LogP contribution in [0.1, 0.15) is 71.6 Å². The highest BCUT2D eigenvalue weighted by molar-refractivity contribution is 7.47. The first-order chi connectivity index (χ1) is 19.3. The largest absolute Gasteiger partial charge is 0.472 e. The van der Waals surface area contributed by atoms with Crippen molar-refractivity contribution in [3.63, 3.8) is 0 Å². The molecule has 0 saturated carbocycles. The summed E-state index contributed by atoms with van der Waals surface area (Å²) < 4.78 is 32.5. The lowest BCUT2D eigenvalue weighted by Gasteiger charge is -2.24. The van der Waals surface area contributed by atoms with Crippen LogP contribution in [-0.4, -0.2) is 80.7 Å². The first kappa shape index (κ1) is 38.6. The summed E-state index contributed by atoms with van der Waals surface area (Å²) in [5, 5.41) is 0. The van der Waals surface area contributed by atoms with Gasteiger partial charge >= 0.3 is 19.8 Å². The number of rotatable bonds is 24. The molecule has 0 bridgehead atoms. The Labute approximate surface area is 246 Å². The van der Waals surface area contributed by atoms with Crippen molar-refractivity contribution in [3.05, 3.63) is 48.6 Å². The zero-order chi connectivity index (χ0) is 31.0. The lowest BCUT2D eigenvalue weighted by atomic mass is 10.1. The van der Waals surface area contributed by atoms with Crippen LogP contribution in [0.2, 0.25) is 0 Å². The van der Waals surface area contributed by atoms with Gasteiger partial charge in [0, 0.05) is 19.8 Å². The van der Waals surface area contributed by atoms with E-state index in [0.29, 0.717) is 17.4 Å². The van der Waals surface area contributed by atoms with Crippen molar-refractivity contribution in [3.8, 4) is 0 Å². The smallest absolute Gasteiger partial charge is 0.462 e. The average Bonchev–Trinajstić information content (AvgIpc) is 2.87. The molecule has 0 aliphatic heterocycles. The van der Waals surface area contributed by atoms with Gasteiger partial charge in [0.05, 0.1) is 27.7 Å². The molecule has 0 aromatic rings. The number of esters is 2. The quantitative estimate of drug-likeness (QED) is 0.0286. The highest BCUT2D eigenvalue weighted by Crippen LogP contribution is 2.43. The van der Waals surface area contributed by atoms with Crippen LogP contribution in [-0.2, 0) is 37.5 Å². The standard InChI is InChI=1S/C30H50NO9P/c1-6-7-8-9-10-11-12-13-14-15-16-17-18-20-28(33)21-19-22-30(34)37-25-29(40-27(2)32)26-39-41(35,36)38-24-23-31(3,4)5/h10-11,13-14,16-18,20,29H,6-9,12,15,19,21-26H2,1-5H3/p+1/b11-10-,14-13-,17-16-,20-18+/t29-/m1/s1. The minimum absolute atomic E-state index is 0.00638. The van der Waals surface area contributed by atoms with Crippen LogP contribution in [0.5, 0.6) is 0 Å². The Balaban J connectivity index is 4.23. The number of unbranched alkanes of at least 4 members (excludes halogenated alkanes) is 3. The maximum absolute atomic E-state index is 12.1. The third-order valence-electron chi connectivity index (χ3n) is 5.39. The van der Waals surface area contributed by atoms with Crippen LogP contribution in [0.15, 0.2) is 48.6 Å². The number of ether oxygens (including phenoxy) is 2. The molecule has 10 nitrogen and oxygen atoms in total. The van der Waals surface area contributed by atoms with Crippen LogP contribution >= 0.6 is 7.82 Å². The molecule has 0 aliphatic rings. The number of carbonyl (C=O) groups excluding carboxylic acids is 3. The molecule has 0 aromatic carbocycles. The van der Waals surface area contributed by atoms with Gasteiger partial charge in [-0.2, -0.15) is 0 Å². The van der Waals surface area contributed by atoms with Crippen LogP contribution in [0, 0.1) is 0 Å². The van der Waals surface area contributed by atoms with E-state index in [1.54, 1.807) is 6.08 Å². The topological polar surface area (TPSA) is 125 Å². The van der Waals surface area contributed by atoms with Crippen LogP contribution in [0.4, 0.5) is 0 Å². The monoisotopic (exact) mass is 600 g/mol. The van der Waals surface area contributed by atoms with E-state index in [-0.39, 0.29) is 31.8 Å². The van der Waals surface area contributed by atoms with Crippen molar-refractivity contribution in [1.82, 2.24) is 0 Å². The van der Waals surface area contributed by atoms with Gasteiger partial charge in [-0.1, -0.05) is 62.3 Å². The summed E-state index contributed by atoms with van der Waals surface area (Å²) in [6.45, 7) is 2.97. The Morgan fingerprint density at radius 2 is 1.56 bits per heavy atom. The molecule has 0 heterocycles. The van der Waals surface area contributed by atoms with E-state index >= 15 is 0 Å². The normalized spacial score (nSPS) is 14.7. The first-order valence-electron chi connectivity index (χ1n) is 14.3. The molecule has 1 N–H and O–H groups in total. The summed E-state index contributed by atoms with van der Waals surface area (Å²) in [5.74, 6) is -1.37. The lowest BCUT2D eigenvalue weighted by molar-refractivity contribution is -0.870. The van der Waals surface area contributed by atoms with E-state index < -0.39 is 32.5 Å². The fourth-order valence-corrected chi connectivity index (χ4v) is 3.88. The van der Waals surface area contributed by atoms with Crippen LogP contribution in [0.3, 0.4) is 0 Å². The molecule has 0 rings (SSSR count). The van der Waals surface area contributed by atoms with Gasteiger partial charge in [0.1, 0.15) is 19.8 Å². The first-order valence-corrected chi connectivity index (χ1v) is 15.8. The summed E-state index contributed by atoms with van der Waals surface area (Å²) in [7, 11) is 1.33. The van der Waals surface area contributed by atoms with Crippen molar-refractivity contribution in [2.75, 3.05) is 47.5 Å². The van der Waals surface area contributed by atoms with E-state index in [1.165, 1.54) is 25.3 Å². The molecule has 0 radical (unpaired) electrons. The molecule has 2 atom stereocenters. The lowest BCUT2D eigenvalue weighted by Crippen LogP contribution is -2.37. The van der Waals surface area contributed by atoms with E-state index in [9.17, 15) is 23.8 Å². The van der Waals surface area contributed by atoms with Gasteiger partial charge in [0.15, 0.2) is 11.9 Å². The van der Waals surface area contributed by atoms with E-state index in [1.807, 2.05) is 33.3 Å². The van der Waals surface area contributed by atoms with Gasteiger partial charge in [-0.05, 0) is 38.2 Å². The molecule has 11 heteroatoms. The van der Waals surface area contributed by atoms with Gasteiger partial charge < -0.3 is 18.9 Å². The van der Waals surface area contributed by atoms with Crippen molar-refractivity contribution in [1.29, 1.82) is 0 Å². The van der Waals surface area contributed by atoms with Gasteiger partial charge in [-0.25, -0.2) is 4.57 Å². The van der Waals surface area contributed by atoms with Crippen molar-refractivity contribution in [2.45, 2.75) is 77.7 Å². The van der Waals surface area contributed by atoms with Gasteiger partial charge in [0.2, 0.25) is 0 Å². The molecule has 0 aromatic heterocycles. The summed E-state index contributed by atoms with van der Waals surface area (Å²) in [5.41, 5.74) is 0. The highest BCUT2D eigenvalue weighted by atomic mass is 31.2. The second-order valence-corrected chi connectivity index (χ2v) is 12.0. The average molecular weight is 601 g/mol. The fraction of sp³-hybridized carbons (Fsp3) is 0.633. The van der Waals surface area contributed by atoms with Gasteiger partial charge in [0.25, 0.3) is 0 Å². The zero-order valence-electron chi connectivity index (χ0n) is 25.5. The molecule has 0 aliphatic carbocycles. The van der Waals surface area contributed by atoms with Crippen molar-refractivity contribution < 1.29 is 46.8 Å². The number of allylic oxidation sites excluding steroid dienone is 8. The molecule has 0 saturated heterocycles. The number of nitrogens with zero attached hydrogens (tertiary/aromatic N) is 1. The van der Waals surface area contributed by atoms with Crippen LogP contribution in [0.25, 0.3) is 0 Å². The Kier molecular flexibility index (Phi) is 21.9. The zero-order valence-corrected chi connectivity index (χ0v) is 26.4. The number of quaternary nitrogens is 1. The summed E-state index contributed by atoms with van der Waals surface area (Å²) >= 11 is 0. The SMILES string of the molecule is CCCCC/C=C\C/C=C\C/C=C\C=C\C(=O)CCCC(=O)OC[C@H](COP(=O)(O)OCC[N+](C)(C)C)OC(C)=O. The second kappa shape index (κ2) is 23.2. The summed E-state index contributed by atoms with van der Waals surface area (Å²) in [6.07, 6.45) is 21.5. The predicted molar refractivity (Wildman–Crippen MR) is 160 cm³/mol. The minimum atomic E-state index is -4.37. The number of hydrogen-bond donors (Lipinski definition) is 1. The molecule has 1 unspecified atom stereocenters. The number of carbonyl (C=O) groups is 3. The minimum Gasteiger partial charge on any atom is -0.462 e. The van der Waals surface area contributed by atoms with Crippen molar-refractivity contribution >= 4 is 25.5 Å². The number of hydrogen-bond acceptors (Lipinski definition) is 8. The maximum Gasteiger partial charge on any atom is 0.472 e. The third-order valence-corrected chi connectivity index (χ3v) is 6.37. The Morgan fingerprint density at radius 1 is 0.878 bits per heavy atom. The van der Waals surface area contributed by atoms with E-state index in [0.717, 1.165) is 26.2 Å². The van der Waals surface area contributed by atoms with E-state index in [4.69, 9.17) is 18.5 Å². The Hall–Kier alpha value is -2.36. The predicted octanol–water partition coefficient (Wildman–Crippen LogP) is 5.63. The van der Waals surface area contributed by atoms with E-state index in [2.05, 4.69) is 31.2 Å². The maximum atomic E-state index is 12.1. The molecule has 234 valence electrons. The molecular weight excluding hydrogens is 549 g/mol. The van der Waals surface area contributed by atoms with Gasteiger partial charge in [-0.3, -0.25) is 23.4 Å². The second-order valence-electron chi connectivity index (χ2n) is 10.5. The third kappa shape index (κ3) is 27.6. The van der Waals surface area contributed by atoms with Gasteiger partial charge in [-0.15, -0.1) is 0 Å². The number of likely N-dealkylation sites (N-methyl/N-ethyl adjacent to an activating group) is 1. The summed E-state index contributed by atoms with van der Waals surface area (Å²) in [6, 6.07) is 0. The number of ketones is 1. The fourth-order valence-electron chi connectivity index (χ4n) is 3.14.